The van der Waals surface area contributed by atoms with E-state index in [0.29, 0.717) is 10.7 Å². The first-order valence-electron chi connectivity index (χ1n) is 10.0. The molecule has 0 radical (unpaired) electrons. The third-order valence-corrected chi connectivity index (χ3v) is 5.78. The molecule has 0 spiro atoms. The molecule has 1 N–H and O–H groups in total. The Morgan fingerprint density at radius 2 is 1.87 bits per heavy atom. The average Bonchev–Trinajstić information content (AvgIpc) is 2.74. The number of halogens is 2. The zero-order valence-corrected chi connectivity index (χ0v) is 17.8. The van der Waals surface area contributed by atoms with E-state index >= 15 is 0 Å². The minimum absolute atomic E-state index is 0.215. The smallest absolute Gasteiger partial charge is 0.251 e. The van der Waals surface area contributed by atoms with Crippen LogP contribution >= 0.6 is 11.6 Å². The normalized spacial score (nSPS) is 15.9. The molecular weight excluding hydrogens is 403 g/mol. The highest BCUT2D eigenvalue weighted by atomic mass is 35.5. The quantitative estimate of drug-likeness (QED) is 0.633. The fraction of sp³-hybridized carbons (Fsp3) is 0.304. The van der Waals surface area contributed by atoms with E-state index in [4.69, 9.17) is 11.6 Å². The van der Waals surface area contributed by atoms with E-state index in [9.17, 15) is 9.18 Å². The second-order valence-corrected chi connectivity index (χ2v) is 8.12. The predicted molar refractivity (Wildman–Crippen MR) is 119 cm³/mol. The Kier molecular flexibility index (Phi) is 5.88. The molecule has 1 aliphatic heterocycles. The number of likely N-dealkylation sites (N-methyl/N-ethyl adjacent to an activating group) is 1. The zero-order valence-electron chi connectivity index (χ0n) is 17.0. The standard InChI is InChI=1S/C23H24ClFN4O/c1-15(19-14-18(25)5-7-21(19)29-11-9-28(2)10-12-29)26-23(30)17-3-6-20-16(13-17)4-8-22(24)27-20/h3-8,13-15H,9-12H2,1-2H3,(H,26,30). The predicted octanol–water partition coefficient (Wildman–Crippen LogP) is 4.27. The van der Waals surface area contributed by atoms with E-state index < -0.39 is 0 Å². The molecule has 7 heteroatoms. The third kappa shape index (κ3) is 4.40. The number of nitrogens with zero attached hydrogens (tertiary/aromatic N) is 3. The number of hydrogen-bond donors (Lipinski definition) is 1. The number of amides is 1. The number of benzene rings is 2. The van der Waals surface area contributed by atoms with Crippen LogP contribution in [-0.4, -0.2) is 49.0 Å². The topological polar surface area (TPSA) is 48.5 Å². The molecule has 2 aromatic carbocycles. The summed E-state index contributed by atoms with van der Waals surface area (Å²) in [5.74, 6) is -0.523. The molecule has 1 atom stereocenters. The van der Waals surface area contributed by atoms with Crippen molar-refractivity contribution in [2.24, 2.45) is 0 Å². The minimum Gasteiger partial charge on any atom is -0.369 e. The fourth-order valence-corrected chi connectivity index (χ4v) is 3.96. The van der Waals surface area contributed by atoms with Crippen molar-refractivity contribution in [3.05, 3.63) is 70.6 Å². The zero-order chi connectivity index (χ0) is 21.3. The lowest BCUT2D eigenvalue weighted by Crippen LogP contribution is -2.45. The second-order valence-electron chi connectivity index (χ2n) is 7.73. The molecule has 30 heavy (non-hydrogen) atoms. The van der Waals surface area contributed by atoms with E-state index in [0.717, 1.165) is 48.3 Å². The maximum absolute atomic E-state index is 14.0. The Labute approximate surface area is 180 Å². The first-order valence-corrected chi connectivity index (χ1v) is 10.4. The lowest BCUT2D eigenvalue weighted by Gasteiger charge is -2.36. The highest BCUT2D eigenvalue weighted by molar-refractivity contribution is 6.29. The van der Waals surface area contributed by atoms with Gasteiger partial charge in [0.05, 0.1) is 11.6 Å². The van der Waals surface area contributed by atoms with Crippen molar-refractivity contribution in [3.63, 3.8) is 0 Å². The molecule has 5 nitrogen and oxygen atoms in total. The van der Waals surface area contributed by atoms with Gasteiger partial charge in [-0.2, -0.15) is 0 Å². The van der Waals surface area contributed by atoms with E-state index in [1.54, 1.807) is 24.3 Å². The first-order chi connectivity index (χ1) is 14.4. The summed E-state index contributed by atoms with van der Waals surface area (Å²) in [5.41, 5.74) is 3.00. The van der Waals surface area contributed by atoms with Gasteiger partial charge in [0.25, 0.3) is 5.91 Å². The van der Waals surface area contributed by atoms with Gasteiger partial charge in [-0.05, 0) is 62.5 Å². The van der Waals surface area contributed by atoms with Gasteiger partial charge in [0, 0.05) is 48.4 Å². The Balaban J connectivity index is 1.56. The van der Waals surface area contributed by atoms with Crippen LogP contribution in [0.25, 0.3) is 10.9 Å². The summed E-state index contributed by atoms with van der Waals surface area (Å²) in [4.78, 5) is 21.7. The lowest BCUT2D eigenvalue weighted by atomic mass is 10.0. The number of nitrogens with one attached hydrogen (secondary N) is 1. The molecule has 1 saturated heterocycles. The molecule has 156 valence electrons. The number of piperazine rings is 1. The third-order valence-electron chi connectivity index (χ3n) is 5.57. The van der Waals surface area contributed by atoms with E-state index in [1.807, 2.05) is 19.1 Å². The van der Waals surface area contributed by atoms with Gasteiger partial charge in [0.1, 0.15) is 11.0 Å². The van der Waals surface area contributed by atoms with Crippen LogP contribution in [-0.2, 0) is 0 Å². The molecule has 0 saturated carbocycles. The van der Waals surface area contributed by atoms with Crippen molar-refractivity contribution in [1.82, 2.24) is 15.2 Å². The summed E-state index contributed by atoms with van der Waals surface area (Å²) in [6.45, 7) is 5.53. The Hall–Kier alpha value is -2.70. The van der Waals surface area contributed by atoms with Crippen molar-refractivity contribution in [3.8, 4) is 0 Å². The summed E-state index contributed by atoms with van der Waals surface area (Å²) in [6, 6.07) is 13.3. The number of aromatic nitrogens is 1. The van der Waals surface area contributed by atoms with Gasteiger partial charge in [0.2, 0.25) is 0 Å². The number of pyridine rings is 1. The van der Waals surface area contributed by atoms with Crippen molar-refractivity contribution in [1.29, 1.82) is 0 Å². The van der Waals surface area contributed by atoms with Crippen LogP contribution in [0.15, 0.2) is 48.5 Å². The summed E-state index contributed by atoms with van der Waals surface area (Å²) in [6.07, 6.45) is 0. The number of carbonyl (C=O) groups excluding carboxylic acids is 1. The number of rotatable bonds is 4. The van der Waals surface area contributed by atoms with Crippen LogP contribution in [0.3, 0.4) is 0 Å². The van der Waals surface area contributed by atoms with E-state index in [-0.39, 0.29) is 17.8 Å². The highest BCUT2D eigenvalue weighted by Crippen LogP contribution is 2.29. The average molecular weight is 427 g/mol. The fourth-order valence-electron chi connectivity index (χ4n) is 3.81. The van der Waals surface area contributed by atoms with E-state index in [2.05, 4.69) is 27.1 Å². The number of carbonyl (C=O) groups is 1. The van der Waals surface area contributed by atoms with Crippen molar-refractivity contribution < 1.29 is 9.18 Å². The van der Waals surface area contributed by atoms with Gasteiger partial charge < -0.3 is 15.1 Å². The minimum atomic E-state index is -0.345. The van der Waals surface area contributed by atoms with Crippen LogP contribution in [0.5, 0.6) is 0 Å². The summed E-state index contributed by atoms with van der Waals surface area (Å²) >= 11 is 5.93. The molecule has 1 amide bonds. The van der Waals surface area contributed by atoms with Crippen LogP contribution in [0.2, 0.25) is 5.15 Å². The second kappa shape index (κ2) is 8.58. The molecule has 1 unspecified atom stereocenters. The maximum Gasteiger partial charge on any atom is 0.251 e. The number of hydrogen-bond acceptors (Lipinski definition) is 4. The molecular formula is C23H24ClFN4O. The van der Waals surface area contributed by atoms with Crippen LogP contribution < -0.4 is 10.2 Å². The number of fused-ring (bicyclic) bond motifs is 1. The van der Waals surface area contributed by atoms with Gasteiger partial charge in [-0.25, -0.2) is 9.37 Å². The molecule has 0 aliphatic carbocycles. The van der Waals surface area contributed by atoms with Crippen LogP contribution in [0.4, 0.5) is 10.1 Å². The van der Waals surface area contributed by atoms with Crippen LogP contribution in [0.1, 0.15) is 28.9 Å². The Bertz CT molecular complexity index is 1080. The highest BCUT2D eigenvalue weighted by Gasteiger charge is 2.21. The van der Waals surface area contributed by atoms with Gasteiger partial charge in [-0.15, -0.1) is 0 Å². The first kappa shape index (κ1) is 20.6. The largest absolute Gasteiger partial charge is 0.369 e. The van der Waals surface area contributed by atoms with Gasteiger partial charge in [-0.1, -0.05) is 11.6 Å². The molecule has 2 heterocycles. The van der Waals surface area contributed by atoms with Crippen LogP contribution in [0, 0.1) is 5.82 Å². The maximum atomic E-state index is 14.0. The lowest BCUT2D eigenvalue weighted by molar-refractivity contribution is 0.0940. The summed E-state index contributed by atoms with van der Waals surface area (Å²) in [5, 5.41) is 4.26. The SMILES string of the molecule is CC(NC(=O)c1ccc2nc(Cl)ccc2c1)c1cc(F)ccc1N1CCN(C)CC1. The molecule has 4 rings (SSSR count). The molecule has 1 aliphatic rings. The Morgan fingerprint density at radius 3 is 2.63 bits per heavy atom. The van der Waals surface area contributed by atoms with Gasteiger partial charge in [-0.3, -0.25) is 4.79 Å². The summed E-state index contributed by atoms with van der Waals surface area (Å²) < 4.78 is 14.0. The molecule has 3 aromatic rings. The number of anilines is 1. The van der Waals surface area contributed by atoms with Crippen molar-refractivity contribution >= 4 is 34.1 Å². The summed E-state index contributed by atoms with van der Waals surface area (Å²) in [7, 11) is 2.10. The van der Waals surface area contributed by atoms with E-state index in [1.165, 1.54) is 12.1 Å². The molecule has 1 aromatic heterocycles. The van der Waals surface area contributed by atoms with Crippen molar-refractivity contribution in [2.45, 2.75) is 13.0 Å². The molecule has 1 fully saturated rings. The monoisotopic (exact) mass is 426 g/mol. The Morgan fingerprint density at radius 1 is 1.10 bits per heavy atom. The van der Waals surface area contributed by atoms with Gasteiger partial charge >= 0.3 is 0 Å². The van der Waals surface area contributed by atoms with Gasteiger partial charge in [0.15, 0.2) is 0 Å². The molecule has 0 bridgehead atoms. The van der Waals surface area contributed by atoms with Crippen molar-refractivity contribution in [2.75, 3.05) is 38.1 Å².